The molecule has 2 N–H and O–H groups in total. The summed E-state index contributed by atoms with van der Waals surface area (Å²) in [4.78, 5) is 24.3. The smallest absolute Gasteiger partial charge is 0.307 e. The van der Waals surface area contributed by atoms with E-state index in [1.807, 2.05) is 24.3 Å². The standard InChI is InChI=1S/C15H13NO4S/c1-10(17)20-8-2-3-11-4-6-12(7-5-11)9-13-14(18)16-15(19)21-13/h4-7,18H,8-9H2,1H3,(H,16,19). The molecule has 0 unspecified atom stereocenters. The van der Waals surface area contributed by atoms with E-state index >= 15 is 0 Å². The lowest BCUT2D eigenvalue weighted by Gasteiger charge is -1.99. The second-order valence-electron chi connectivity index (χ2n) is 4.24. The lowest BCUT2D eigenvalue weighted by molar-refractivity contribution is -0.139. The minimum Gasteiger partial charge on any atom is -0.494 e. The number of hydrogen-bond donors (Lipinski definition) is 2. The number of hydrogen-bond acceptors (Lipinski definition) is 5. The summed E-state index contributed by atoms with van der Waals surface area (Å²) in [6.07, 6.45) is 0.483. The molecule has 0 atom stereocenters. The zero-order valence-electron chi connectivity index (χ0n) is 11.3. The van der Waals surface area contributed by atoms with Crippen molar-refractivity contribution in [2.45, 2.75) is 13.3 Å². The molecule has 1 aromatic carbocycles. The highest BCUT2D eigenvalue weighted by molar-refractivity contribution is 7.09. The van der Waals surface area contributed by atoms with Crippen LogP contribution in [0.3, 0.4) is 0 Å². The van der Waals surface area contributed by atoms with Crippen LogP contribution in [0.2, 0.25) is 0 Å². The molecule has 1 heterocycles. The van der Waals surface area contributed by atoms with Crippen LogP contribution in [0.1, 0.15) is 22.9 Å². The van der Waals surface area contributed by atoms with Crippen LogP contribution >= 0.6 is 11.3 Å². The third kappa shape index (κ3) is 4.51. The summed E-state index contributed by atoms with van der Waals surface area (Å²) in [6, 6.07) is 7.42. The predicted octanol–water partition coefficient (Wildman–Crippen LogP) is 1.65. The highest BCUT2D eigenvalue weighted by Crippen LogP contribution is 2.20. The molecule has 0 saturated heterocycles. The number of benzene rings is 1. The third-order valence-corrected chi connectivity index (χ3v) is 3.47. The van der Waals surface area contributed by atoms with Crippen molar-refractivity contribution in [2.24, 2.45) is 0 Å². The molecule has 0 aliphatic rings. The first-order chi connectivity index (χ1) is 10.0. The average molecular weight is 303 g/mol. The second-order valence-corrected chi connectivity index (χ2v) is 5.31. The number of aromatic nitrogens is 1. The van der Waals surface area contributed by atoms with Crippen molar-refractivity contribution >= 4 is 17.3 Å². The quantitative estimate of drug-likeness (QED) is 0.667. The number of esters is 1. The van der Waals surface area contributed by atoms with Crippen LogP contribution in [0.4, 0.5) is 0 Å². The van der Waals surface area contributed by atoms with E-state index in [1.54, 1.807) is 0 Å². The SMILES string of the molecule is CC(=O)OCC#Cc1ccc(Cc2sc(=O)[nH]c2O)cc1. The summed E-state index contributed by atoms with van der Waals surface area (Å²) in [6.45, 7) is 1.41. The van der Waals surface area contributed by atoms with Gasteiger partial charge in [0.1, 0.15) is 0 Å². The van der Waals surface area contributed by atoms with Crippen LogP contribution in [0.5, 0.6) is 5.88 Å². The number of aromatic amines is 1. The first-order valence-corrected chi connectivity index (χ1v) is 6.98. The van der Waals surface area contributed by atoms with E-state index in [2.05, 4.69) is 16.8 Å². The zero-order valence-corrected chi connectivity index (χ0v) is 12.1. The summed E-state index contributed by atoms with van der Waals surface area (Å²) < 4.78 is 4.71. The van der Waals surface area contributed by atoms with Gasteiger partial charge in [-0.25, -0.2) is 0 Å². The lowest BCUT2D eigenvalue weighted by atomic mass is 10.1. The van der Waals surface area contributed by atoms with Crippen molar-refractivity contribution < 1.29 is 14.6 Å². The fourth-order valence-corrected chi connectivity index (χ4v) is 2.40. The molecule has 5 nitrogen and oxygen atoms in total. The second kappa shape index (κ2) is 6.77. The molecule has 21 heavy (non-hydrogen) atoms. The topological polar surface area (TPSA) is 79.4 Å². The van der Waals surface area contributed by atoms with Crippen LogP contribution < -0.4 is 4.87 Å². The third-order valence-electron chi connectivity index (χ3n) is 2.60. The highest BCUT2D eigenvalue weighted by atomic mass is 32.1. The molecule has 2 aromatic rings. The molecular weight excluding hydrogens is 290 g/mol. The van der Waals surface area contributed by atoms with Gasteiger partial charge in [0.25, 0.3) is 0 Å². The molecule has 0 saturated carbocycles. The molecule has 0 aliphatic carbocycles. The summed E-state index contributed by atoms with van der Waals surface area (Å²) in [5.74, 6) is 5.18. The molecule has 0 fully saturated rings. The van der Waals surface area contributed by atoms with Crippen molar-refractivity contribution in [2.75, 3.05) is 6.61 Å². The Bertz CT molecular complexity index is 746. The van der Waals surface area contributed by atoms with E-state index in [0.717, 1.165) is 22.5 Å². The fourth-order valence-electron chi connectivity index (χ4n) is 1.64. The Labute approximate surface area is 125 Å². The number of ether oxygens (including phenoxy) is 1. The fraction of sp³-hybridized carbons (Fsp3) is 0.200. The van der Waals surface area contributed by atoms with Crippen molar-refractivity contribution in [3.05, 3.63) is 49.9 Å². The van der Waals surface area contributed by atoms with Gasteiger partial charge in [0.05, 0.1) is 4.88 Å². The molecule has 2 rings (SSSR count). The van der Waals surface area contributed by atoms with Crippen molar-refractivity contribution in [3.63, 3.8) is 0 Å². The largest absolute Gasteiger partial charge is 0.494 e. The van der Waals surface area contributed by atoms with Gasteiger partial charge in [-0.1, -0.05) is 35.3 Å². The Kier molecular flexibility index (Phi) is 4.80. The maximum atomic E-state index is 11.1. The van der Waals surface area contributed by atoms with Gasteiger partial charge in [-0.15, -0.1) is 0 Å². The number of aromatic hydroxyl groups is 1. The van der Waals surface area contributed by atoms with E-state index in [9.17, 15) is 14.7 Å². The van der Waals surface area contributed by atoms with E-state index in [1.165, 1.54) is 6.92 Å². The Morgan fingerprint density at radius 3 is 2.67 bits per heavy atom. The highest BCUT2D eigenvalue weighted by Gasteiger charge is 2.07. The summed E-state index contributed by atoms with van der Waals surface area (Å²) >= 11 is 0.995. The maximum absolute atomic E-state index is 11.1. The molecule has 108 valence electrons. The van der Waals surface area contributed by atoms with Gasteiger partial charge < -0.3 is 9.84 Å². The van der Waals surface area contributed by atoms with E-state index in [-0.39, 0.29) is 23.3 Å². The number of H-pyrrole nitrogens is 1. The molecule has 1 aromatic heterocycles. The molecule has 0 aliphatic heterocycles. The molecule has 0 radical (unpaired) electrons. The zero-order chi connectivity index (χ0) is 15.2. The number of rotatable bonds is 3. The van der Waals surface area contributed by atoms with E-state index in [0.29, 0.717) is 11.3 Å². The van der Waals surface area contributed by atoms with Gasteiger partial charge in [0, 0.05) is 18.9 Å². The van der Waals surface area contributed by atoms with E-state index in [4.69, 9.17) is 4.74 Å². The average Bonchev–Trinajstić information content (AvgIpc) is 2.74. The minimum absolute atomic E-state index is 0.0717. The Morgan fingerprint density at radius 2 is 2.10 bits per heavy atom. The van der Waals surface area contributed by atoms with Gasteiger partial charge in [0.2, 0.25) is 5.88 Å². The number of thiazole rings is 1. The first kappa shape index (κ1) is 14.9. The van der Waals surface area contributed by atoms with Crippen LogP contribution in [-0.4, -0.2) is 22.7 Å². The van der Waals surface area contributed by atoms with Crippen LogP contribution in [-0.2, 0) is 16.0 Å². The van der Waals surface area contributed by atoms with Crippen molar-refractivity contribution in [1.29, 1.82) is 0 Å². The van der Waals surface area contributed by atoms with Crippen LogP contribution in [0.15, 0.2) is 29.1 Å². The molecule has 6 heteroatoms. The van der Waals surface area contributed by atoms with Crippen molar-refractivity contribution in [3.8, 4) is 17.7 Å². The lowest BCUT2D eigenvalue weighted by Crippen LogP contribution is -1.97. The monoisotopic (exact) mass is 303 g/mol. The number of nitrogens with one attached hydrogen (secondary N) is 1. The summed E-state index contributed by atoms with van der Waals surface area (Å²) in [5.41, 5.74) is 1.77. The maximum Gasteiger partial charge on any atom is 0.307 e. The Morgan fingerprint density at radius 1 is 1.38 bits per heavy atom. The van der Waals surface area contributed by atoms with Gasteiger partial charge in [0.15, 0.2) is 6.61 Å². The first-order valence-electron chi connectivity index (χ1n) is 6.16. The van der Waals surface area contributed by atoms with Crippen molar-refractivity contribution in [1.82, 2.24) is 4.98 Å². The predicted molar refractivity (Wildman–Crippen MR) is 79.4 cm³/mol. The summed E-state index contributed by atoms with van der Waals surface area (Å²) in [7, 11) is 0. The van der Waals surface area contributed by atoms with Gasteiger partial charge in [-0.3, -0.25) is 14.6 Å². The molecule has 0 spiro atoms. The number of carbonyl (C=O) groups is 1. The van der Waals surface area contributed by atoms with Crippen LogP contribution in [0.25, 0.3) is 0 Å². The Hall–Kier alpha value is -2.52. The normalized spacial score (nSPS) is 9.76. The molecule has 0 amide bonds. The Balaban J connectivity index is 2.00. The van der Waals surface area contributed by atoms with Gasteiger partial charge >= 0.3 is 10.8 Å². The molecular formula is C15H13NO4S. The minimum atomic E-state index is -0.357. The van der Waals surface area contributed by atoms with E-state index < -0.39 is 0 Å². The van der Waals surface area contributed by atoms with Gasteiger partial charge in [-0.2, -0.15) is 0 Å². The number of carbonyl (C=O) groups excluding carboxylic acids is 1. The van der Waals surface area contributed by atoms with Crippen LogP contribution in [0, 0.1) is 11.8 Å². The van der Waals surface area contributed by atoms with Gasteiger partial charge in [-0.05, 0) is 17.7 Å². The summed E-state index contributed by atoms with van der Waals surface area (Å²) in [5, 5.41) is 9.53. The molecule has 0 bridgehead atoms.